The minimum atomic E-state index is -0.735. The third-order valence-corrected chi connectivity index (χ3v) is 4.49. The number of aryl methyl sites for hydroxylation is 1. The highest BCUT2D eigenvalue weighted by atomic mass is 16.5. The van der Waals surface area contributed by atoms with Gasteiger partial charge in [0.05, 0.1) is 6.61 Å². The number of hydrogen-bond acceptors (Lipinski definition) is 3. The molecule has 1 aliphatic rings. The Morgan fingerprint density at radius 2 is 2.09 bits per heavy atom. The van der Waals surface area contributed by atoms with Gasteiger partial charge >= 0.3 is 0 Å². The van der Waals surface area contributed by atoms with Crippen LogP contribution in [-0.4, -0.2) is 49.1 Å². The number of ether oxygens (including phenoxy) is 1. The molecular formula is C18H26N2O3. The van der Waals surface area contributed by atoms with E-state index in [1.807, 2.05) is 25.1 Å². The molecule has 0 bridgehead atoms. The summed E-state index contributed by atoms with van der Waals surface area (Å²) < 4.78 is 4.95. The van der Waals surface area contributed by atoms with Crippen molar-refractivity contribution in [1.82, 2.24) is 10.2 Å². The Hall–Kier alpha value is -1.88. The molecule has 1 heterocycles. The fourth-order valence-electron chi connectivity index (χ4n) is 3.05. The largest absolute Gasteiger partial charge is 0.383 e. The second kappa shape index (κ2) is 8.11. The molecule has 1 aromatic carbocycles. The summed E-state index contributed by atoms with van der Waals surface area (Å²) in [5, 5.41) is 2.87. The number of benzene rings is 1. The second-order valence-corrected chi connectivity index (χ2v) is 6.16. The lowest BCUT2D eigenvalue weighted by Crippen LogP contribution is -2.55. The van der Waals surface area contributed by atoms with E-state index in [0.29, 0.717) is 32.5 Å². The quantitative estimate of drug-likeness (QED) is 0.743. The normalized spacial score (nSPS) is 20.8. The smallest absolute Gasteiger partial charge is 0.245 e. The first-order valence-corrected chi connectivity index (χ1v) is 8.19. The van der Waals surface area contributed by atoms with Gasteiger partial charge in [-0.2, -0.15) is 0 Å². The van der Waals surface area contributed by atoms with Crippen LogP contribution < -0.4 is 5.32 Å². The van der Waals surface area contributed by atoms with Crippen LogP contribution in [0.25, 0.3) is 0 Å². The number of hydrogen-bond donors (Lipinski definition) is 1. The molecule has 0 aromatic heterocycles. The Bertz CT molecular complexity index is 532. The lowest BCUT2D eigenvalue weighted by molar-refractivity contribution is -0.140. The Morgan fingerprint density at radius 1 is 1.35 bits per heavy atom. The predicted molar refractivity (Wildman–Crippen MR) is 89.0 cm³/mol. The maximum atomic E-state index is 12.5. The van der Waals surface area contributed by atoms with Gasteiger partial charge in [-0.15, -0.1) is 0 Å². The van der Waals surface area contributed by atoms with Gasteiger partial charge in [-0.3, -0.25) is 9.59 Å². The van der Waals surface area contributed by atoms with E-state index in [4.69, 9.17) is 4.74 Å². The first-order chi connectivity index (χ1) is 11.1. The van der Waals surface area contributed by atoms with Gasteiger partial charge in [-0.1, -0.05) is 30.3 Å². The summed E-state index contributed by atoms with van der Waals surface area (Å²) in [6, 6.07) is 10.2. The van der Waals surface area contributed by atoms with Crippen LogP contribution >= 0.6 is 0 Å². The highest BCUT2D eigenvalue weighted by Crippen LogP contribution is 2.30. The average Bonchev–Trinajstić information content (AvgIpc) is 2.85. The Labute approximate surface area is 138 Å². The molecule has 126 valence electrons. The van der Waals surface area contributed by atoms with Crippen molar-refractivity contribution >= 4 is 11.8 Å². The molecule has 1 aliphatic heterocycles. The third kappa shape index (κ3) is 4.32. The summed E-state index contributed by atoms with van der Waals surface area (Å²) in [7, 11) is 1.60. The minimum Gasteiger partial charge on any atom is -0.383 e. The van der Waals surface area contributed by atoms with Gasteiger partial charge in [0.1, 0.15) is 5.54 Å². The molecule has 1 fully saturated rings. The molecule has 2 rings (SSSR count). The van der Waals surface area contributed by atoms with Gasteiger partial charge in [0.25, 0.3) is 0 Å². The van der Waals surface area contributed by atoms with E-state index in [0.717, 1.165) is 12.8 Å². The van der Waals surface area contributed by atoms with E-state index in [1.165, 1.54) is 5.56 Å². The summed E-state index contributed by atoms with van der Waals surface area (Å²) in [6.07, 6.45) is 2.79. The molecule has 0 radical (unpaired) electrons. The van der Waals surface area contributed by atoms with Crippen LogP contribution in [0, 0.1) is 0 Å². The molecule has 0 saturated carbocycles. The van der Waals surface area contributed by atoms with Gasteiger partial charge < -0.3 is 15.0 Å². The Morgan fingerprint density at radius 3 is 2.78 bits per heavy atom. The zero-order chi connectivity index (χ0) is 16.7. The van der Waals surface area contributed by atoms with Crippen LogP contribution in [0.5, 0.6) is 0 Å². The highest BCUT2D eigenvalue weighted by Gasteiger charge is 2.46. The SMILES string of the molecule is COCCNC(=O)C1(C)CCC(=O)N1CCCc1ccccc1. The molecule has 1 atom stereocenters. The molecule has 1 N–H and O–H groups in total. The first-order valence-electron chi connectivity index (χ1n) is 8.19. The number of likely N-dealkylation sites (tertiary alicyclic amines) is 1. The molecular weight excluding hydrogens is 292 g/mol. The van der Waals surface area contributed by atoms with E-state index in [-0.39, 0.29) is 11.8 Å². The zero-order valence-electron chi connectivity index (χ0n) is 14.0. The fourth-order valence-corrected chi connectivity index (χ4v) is 3.05. The van der Waals surface area contributed by atoms with Crippen LogP contribution in [-0.2, 0) is 20.7 Å². The number of amides is 2. The maximum Gasteiger partial charge on any atom is 0.245 e. The van der Waals surface area contributed by atoms with Crippen molar-refractivity contribution in [3.63, 3.8) is 0 Å². The molecule has 1 saturated heterocycles. The zero-order valence-corrected chi connectivity index (χ0v) is 14.0. The number of carbonyl (C=O) groups is 2. The van der Waals surface area contributed by atoms with E-state index in [2.05, 4.69) is 17.4 Å². The van der Waals surface area contributed by atoms with E-state index in [9.17, 15) is 9.59 Å². The van der Waals surface area contributed by atoms with Gasteiger partial charge in [-0.25, -0.2) is 0 Å². The van der Waals surface area contributed by atoms with E-state index in [1.54, 1.807) is 12.0 Å². The molecule has 1 unspecified atom stereocenters. The lowest BCUT2D eigenvalue weighted by atomic mass is 9.97. The van der Waals surface area contributed by atoms with Gasteiger partial charge in [0.15, 0.2) is 0 Å². The van der Waals surface area contributed by atoms with Gasteiger partial charge in [0.2, 0.25) is 11.8 Å². The molecule has 0 aliphatic carbocycles. The average molecular weight is 318 g/mol. The fraction of sp³-hybridized carbons (Fsp3) is 0.556. The monoisotopic (exact) mass is 318 g/mol. The van der Waals surface area contributed by atoms with Crippen molar-refractivity contribution in [2.24, 2.45) is 0 Å². The summed E-state index contributed by atoms with van der Waals surface area (Å²) in [5.41, 5.74) is 0.520. The summed E-state index contributed by atoms with van der Waals surface area (Å²) >= 11 is 0. The van der Waals surface area contributed by atoms with Crippen LogP contribution in [0.2, 0.25) is 0 Å². The molecule has 5 heteroatoms. The topological polar surface area (TPSA) is 58.6 Å². The number of rotatable bonds is 8. The number of nitrogens with zero attached hydrogens (tertiary/aromatic N) is 1. The molecule has 2 amide bonds. The van der Waals surface area contributed by atoms with Crippen LogP contribution in [0.3, 0.4) is 0 Å². The molecule has 0 spiro atoms. The minimum absolute atomic E-state index is 0.0717. The van der Waals surface area contributed by atoms with E-state index >= 15 is 0 Å². The second-order valence-electron chi connectivity index (χ2n) is 6.16. The van der Waals surface area contributed by atoms with Crippen molar-refractivity contribution < 1.29 is 14.3 Å². The number of nitrogens with one attached hydrogen (secondary N) is 1. The van der Waals surface area contributed by atoms with Crippen LogP contribution in [0.1, 0.15) is 31.7 Å². The Kier molecular flexibility index (Phi) is 6.16. The predicted octanol–water partition coefficient (Wildman–Crippen LogP) is 1.76. The summed E-state index contributed by atoms with van der Waals surface area (Å²) in [4.78, 5) is 26.4. The van der Waals surface area contributed by atoms with Gasteiger partial charge in [0, 0.05) is 26.6 Å². The summed E-state index contributed by atoms with van der Waals surface area (Å²) in [5.74, 6) is -0.0115. The van der Waals surface area contributed by atoms with Crippen LogP contribution in [0.15, 0.2) is 30.3 Å². The standard InChI is InChI=1S/C18H26N2O3/c1-18(17(22)19-12-14-23-2)11-10-16(21)20(18)13-6-9-15-7-4-3-5-8-15/h3-5,7-8H,6,9-14H2,1-2H3,(H,19,22). The number of methoxy groups -OCH3 is 1. The van der Waals surface area contributed by atoms with Crippen molar-refractivity contribution in [3.05, 3.63) is 35.9 Å². The number of carbonyl (C=O) groups excluding carboxylic acids is 2. The van der Waals surface area contributed by atoms with Crippen molar-refractivity contribution in [3.8, 4) is 0 Å². The third-order valence-electron chi connectivity index (χ3n) is 4.49. The lowest BCUT2D eigenvalue weighted by Gasteiger charge is -2.34. The van der Waals surface area contributed by atoms with Crippen LogP contribution in [0.4, 0.5) is 0 Å². The highest BCUT2D eigenvalue weighted by molar-refractivity contribution is 5.94. The Balaban J connectivity index is 1.91. The van der Waals surface area contributed by atoms with Crippen molar-refractivity contribution in [2.45, 2.75) is 38.1 Å². The first kappa shape index (κ1) is 17.5. The summed E-state index contributed by atoms with van der Waals surface area (Å²) in [6.45, 7) is 3.42. The molecule has 23 heavy (non-hydrogen) atoms. The molecule has 5 nitrogen and oxygen atoms in total. The van der Waals surface area contributed by atoms with Crippen molar-refractivity contribution in [2.75, 3.05) is 26.8 Å². The molecule has 1 aromatic rings. The maximum absolute atomic E-state index is 12.5. The van der Waals surface area contributed by atoms with Crippen molar-refractivity contribution in [1.29, 1.82) is 0 Å². The van der Waals surface area contributed by atoms with Gasteiger partial charge in [-0.05, 0) is 31.7 Å². The van der Waals surface area contributed by atoms with E-state index < -0.39 is 5.54 Å².